The number of halogens is 2. The van der Waals surface area contributed by atoms with Gasteiger partial charge in [-0.1, -0.05) is 39.7 Å². The van der Waals surface area contributed by atoms with Crippen LogP contribution in [0.4, 0.5) is 0 Å². The molecule has 1 N–H and O–H groups in total. The maximum atomic E-state index is 9.23. The summed E-state index contributed by atoms with van der Waals surface area (Å²) in [6.07, 6.45) is 0. The minimum atomic E-state index is -0.108. The van der Waals surface area contributed by atoms with Crippen LogP contribution in [0.1, 0.15) is 5.56 Å². The Hall–Kier alpha value is -1.23. The summed E-state index contributed by atoms with van der Waals surface area (Å²) in [5.41, 5.74) is 0.668. The molecular weight excluding hydrogens is 344 g/mol. The first-order valence-corrected chi connectivity index (χ1v) is 7.27. The first-order chi connectivity index (χ1) is 9.70. The molecule has 0 unspecified atom stereocenters. The molecule has 0 fully saturated rings. The van der Waals surface area contributed by atoms with Crippen molar-refractivity contribution in [1.82, 2.24) is 0 Å². The van der Waals surface area contributed by atoms with E-state index in [0.29, 0.717) is 29.5 Å². The highest BCUT2D eigenvalue weighted by atomic mass is 79.9. The highest BCUT2D eigenvalue weighted by Crippen LogP contribution is 2.28. The van der Waals surface area contributed by atoms with E-state index in [1.807, 2.05) is 24.3 Å². The van der Waals surface area contributed by atoms with E-state index in [-0.39, 0.29) is 6.61 Å². The van der Waals surface area contributed by atoms with Gasteiger partial charge in [0, 0.05) is 10.0 Å². The lowest BCUT2D eigenvalue weighted by Gasteiger charge is -2.12. The van der Waals surface area contributed by atoms with Gasteiger partial charge < -0.3 is 14.6 Å². The van der Waals surface area contributed by atoms with Crippen molar-refractivity contribution in [1.29, 1.82) is 0 Å². The Kier molecular flexibility index (Phi) is 5.71. The molecule has 2 aromatic rings. The zero-order valence-electron chi connectivity index (χ0n) is 10.7. The Balaban J connectivity index is 1.86. The molecule has 20 heavy (non-hydrogen) atoms. The van der Waals surface area contributed by atoms with E-state index in [9.17, 15) is 5.11 Å². The molecule has 0 saturated carbocycles. The van der Waals surface area contributed by atoms with Crippen LogP contribution in [0.5, 0.6) is 11.5 Å². The van der Waals surface area contributed by atoms with Gasteiger partial charge in [0.25, 0.3) is 0 Å². The van der Waals surface area contributed by atoms with Crippen molar-refractivity contribution in [3.63, 3.8) is 0 Å². The van der Waals surface area contributed by atoms with Gasteiger partial charge in [0.2, 0.25) is 0 Å². The zero-order chi connectivity index (χ0) is 14.4. The normalized spacial score (nSPS) is 10.3. The van der Waals surface area contributed by atoms with Gasteiger partial charge in [-0.3, -0.25) is 0 Å². The van der Waals surface area contributed by atoms with Crippen LogP contribution >= 0.6 is 27.5 Å². The lowest BCUT2D eigenvalue weighted by Crippen LogP contribution is -2.10. The molecule has 5 heteroatoms. The molecule has 0 aromatic heterocycles. The zero-order valence-corrected chi connectivity index (χ0v) is 13.0. The second-order valence-electron chi connectivity index (χ2n) is 4.04. The van der Waals surface area contributed by atoms with Crippen LogP contribution < -0.4 is 9.47 Å². The van der Waals surface area contributed by atoms with Crippen LogP contribution in [0.2, 0.25) is 5.02 Å². The van der Waals surface area contributed by atoms with Gasteiger partial charge >= 0.3 is 0 Å². The molecule has 0 aliphatic carbocycles. The maximum absolute atomic E-state index is 9.23. The van der Waals surface area contributed by atoms with Gasteiger partial charge in [-0.05, 0) is 30.3 Å². The molecule has 0 atom stereocenters. The molecular formula is C15H14BrClO3. The topological polar surface area (TPSA) is 38.7 Å². The predicted molar refractivity (Wildman–Crippen MR) is 82.5 cm³/mol. The molecule has 0 amide bonds. The van der Waals surface area contributed by atoms with E-state index < -0.39 is 0 Å². The van der Waals surface area contributed by atoms with Gasteiger partial charge in [-0.2, -0.15) is 0 Å². The summed E-state index contributed by atoms with van der Waals surface area (Å²) in [7, 11) is 0. The average Bonchev–Trinajstić information content (AvgIpc) is 2.46. The second kappa shape index (κ2) is 7.53. The molecule has 0 bridgehead atoms. The Bertz CT molecular complexity index is 558. The van der Waals surface area contributed by atoms with Crippen molar-refractivity contribution >= 4 is 27.5 Å². The number of aliphatic hydroxyl groups is 1. The molecule has 2 aromatic carbocycles. The molecule has 0 radical (unpaired) electrons. The minimum absolute atomic E-state index is 0.108. The summed E-state index contributed by atoms with van der Waals surface area (Å²) in [6, 6.07) is 12.8. The Morgan fingerprint density at radius 1 is 1.00 bits per heavy atom. The Morgan fingerprint density at radius 3 is 2.40 bits per heavy atom. The fraction of sp³-hybridized carbons (Fsp3) is 0.200. The summed E-state index contributed by atoms with van der Waals surface area (Å²) in [5.74, 6) is 1.29. The van der Waals surface area contributed by atoms with Gasteiger partial charge in [-0.15, -0.1) is 0 Å². The second-order valence-corrected chi connectivity index (χ2v) is 5.36. The third-order valence-electron chi connectivity index (χ3n) is 2.63. The summed E-state index contributed by atoms with van der Waals surface area (Å²) in [6.45, 7) is 0.647. The fourth-order valence-electron chi connectivity index (χ4n) is 1.67. The molecule has 0 aliphatic heterocycles. The molecule has 3 nitrogen and oxygen atoms in total. The van der Waals surface area contributed by atoms with Crippen molar-refractivity contribution < 1.29 is 14.6 Å². The summed E-state index contributed by atoms with van der Waals surface area (Å²) >= 11 is 9.40. The molecule has 0 spiro atoms. The van der Waals surface area contributed by atoms with E-state index >= 15 is 0 Å². The lowest BCUT2D eigenvalue weighted by molar-refractivity contribution is 0.210. The highest BCUT2D eigenvalue weighted by Gasteiger charge is 2.07. The molecule has 0 saturated heterocycles. The quantitative estimate of drug-likeness (QED) is 0.793. The number of rotatable bonds is 6. The molecule has 0 heterocycles. The number of hydrogen-bond acceptors (Lipinski definition) is 3. The minimum Gasteiger partial charge on any atom is -0.490 e. The van der Waals surface area contributed by atoms with E-state index in [2.05, 4.69) is 15.9 Å². The Morgan fingerprint density at radius 2 is 1.70 bits per heavy atom. The number of ether oxygens (including phenoxy) is 2. The standard InChI is InChI=1S/C15H14BrClO3/c16-12-4-6-13(7-5-12)19-8-9-20-15-11(10-18)2-1-3-14(15)17/h1-7,18H,8-10H2. The maximum Gasteiger partial charge on any atom is 0.143 e. The van der Waals surface area contributed by atoms with Gasteiger partial charge in [0.05, 0.1) is 11.6 Å². The molecule has 0 aliphatic rings. The summed E-state index contributed by atoms with van der Waals surface area (Å²) < 4.78 is 12.1. The van der Waals surface area contributed by atoms with Crippen molar-refractivity contribution in [3.05, 3.63) is 57.5 Å². The van der Waals surface area contributed by atoms with Crippen LogP contribution in [0.25, 0.3) is 0 Å². The molecule has 2 rings (SSSR count). The first-order valence-electron chi connectivity index (χ1n) is 6.10. The van der Waals surface area contributed by atoms with E-state index in [1.165, 1.54) is 0 Å². The van der Waals surface area contributed by atoms with Crippen molar-refractivity contribution in [2.24, 2.45) is 0 Å². The van der Waals surface area contributed by atoms with Gasteiger partial charge in [0.15, 0.2) is 0 Å². The largest absolute Gasteiger partial charge is 0.490 e. The third-order valence-corrected chi connectivity index (χ3v) is 3.46. The van der Waals surface area contributed by atoms with Crippen LogP contribution in [0.3, 0.4) is 0 Å². The first kappa shape index (κ1) is 15.2. The summed E-state index contributed by atoms with van der Waals surface area (Å²) in [4.78, 5) is 0. The number of aliphatic hydroxyl groups excluding tert-OH is 1. The van der Waals surface area contributed by atoms with E-state index in [1.54, 1.807) is 18.2 Å². The average molecular weight is 358 g/mol. The SMILES string of the molecule is OCc1cccc(Cl)c1OCCOc1ccc(Br)cc1. The Labute approximate surface area is 131 Å². The molecule has 106 valence electrons. The van der Waals surface area contributed by atoms with Gasteiger partial charge in [0.1, 0.15) is 24.7 Å². The smallest absolute Gasteiger partial charge is 0.143 e. The van der Waals surface area contributed by atoms with E-state index in [4.69, 9.17) is 21.1 Å². The van der Waals surface area contributed by atoms with Crippen molar-refractivity contribution in [2.45, 2.75) is 6.61 Å². The number of para-hydroxylation sites is 1. The van der Waals surface area contributed by atoms with Crippen molar-refractivity contribution in [3.8, 4) is 11.5 Å². The van der Waals surface area contributed by atoms with Crippen LogP contribution in [0, 0.1) is 0 Å². The van der Waals surface area contributed by atoms with Crippen molar-refractivity contribution in [2.75, 3.05) is 13.2 Å². The van der Waals surface area contributed by atoms with Crippen LogP contribution in [-0.4, -0.2) is 18.3 Å². The number of hydrogen-bond donors (Lipinski definition) is 1. The fourth-order valence-corrected chi connectivity index (χ4v) is 2.19. The lowest BCUT2D eigenvalue weighted by atomic mass is 10.2. The number of benzene rings is 2. The van der Waals surface area contributed by atoms with Crippen LogP contribution in [-0.2, 0) is 6.61 Å². The van der Waals surface area contributed by atoms with Crippen LogP contribution in [0.15, 0.2) is 46.9 Å². The monoisotopic (exact) mass is 356 g/mol. The summed E-state index contributed by atoms with van der Waals surface area (Å²) in [5, 5.41) is 9.72. The highest BCUT2D eigenvalue weighted by molar-refractivity contribution is 9.10. The third kappa shape index (κ3) is 4.13. The van der Waals surface area contributed by atoms with Gasteiger partial charge in [-0.25, -0.2) is 0 Å². The van der Waals surface area contributed by atoms with E-state index in [0.717, 1.165) is 10.2 Å². The predicted octanol–water partition coefficient (Wildman–Crippen LogP) is 4.05.